The Balaban J connectivity index is 0.00000280. The summed E-state index contributed by atoms with van der Waals surface area (Å²) in [5, 5.41) is 7.15. The second kappa shape index (κ2) is 11.2. The van der Waals surface area contributed by atoms with Gasteiger partial charge in [-0.15, -0.1) is 24.0 Å². The minimum absolute atomic E-state index is 0. The highest BCUT2D eigenvalue weighted by molar-refractivity contribution is 14.0. The molecule has 8 heteroatoms. The van der Waals surface area contributed by atoms with Crippen molar-refractivity contribution >= 4 is 47.2 Å². The summed E-state index contributed by atoms with van der Waals surface area (Å²) in [5.41, 5.74) is 4.39. The third-order valence-electron chi connectivity index (χ3n) is 4.20. The van der Waals surface area contributed by atoms with Gasteiger partial charge in [0.15, 0.2) is 5.96 Å². The van der Waals surface area contributed by atoms with Gasteiger partial charge >= 0.3 is 0 Å². The lowest BCUT2D eigenvalue weighted by Crippen LogP contribution is -2.38. The maximum absolute atomic E-state index is 5.82. The zero-order valence-electron chi connectivity index (χ0n) is 16.2. The number of hydrogen-bond acceptors (Lipinski definition) is 3. The molecule has 0 fully saturated rings. The molecule has 3 aromatic rings. The van der Waals surface area contributed by atoms with Crippen LogP contribution in [0.2, 0.25) is 5.15 Å². The summed E-state index contributed by atoms with van der Waals surface area (Å²) in [5.74, 6) is 0.819. The largest absolute Gasteiger partial charge is 0.357 e. The maximum atomic E-state index is 5.82. The van der Waals surface area contributed by atoms with E-state index in [0.717, 1.165) is 48.8 Å². The summed E-state index contributed by atoms with van der Waals surface area (Å²) in [6, 6.07) is 7.92. The molecular formula is C20H26ClIN6. The van der Waals surface area contributed by atoms with E-state index in [0.29, 0.717) is 11.7 Å². The number of pyridine rings is 2. The number of rotatable bonds is 7. The summed E-state index contributed by atoms with van der Waals surface area (Å²) in [4.78, 5) is 13.5. The van der Waals surface area contributed by atoms with Gasteiger partial charge in [0.1, 0.15) is 10.8 Å². The lowest BCUT2D eigenvalue weighted by molar-refractivity contribution is 0.793. The molecule has 150 valence electrons. The summed E-state index contributed by atoms with van der Waals surface area (Å²) in [7, 11) is 0. The molecule has 0 saturated carbocycles. The van der Waals surface area contributed by atoms with Crippen LogP contribution in [0.3, 0.4) is 0 Å². The van der Waals surface area contributed by atoms with Crippen LogP contribution in [0.5, 0.6) is 0 Å². The Kier molecular flexibility index (Phi) is 8.98. The van der Waals surface area contributed by atoms with Gasteiger partial charge in [-0.1, -0.05) is 23.7 Å². The molecule has 0 spiro atoms. The van der Waals surface area contributed by atoms with E-state index >= 15 is 0 Å². The van der Waals surface area contributed by atoms with E-state index < -0.39 is 0 Å². The molecule has 0 atom stereocenters. The van der Waals surface area contributed by atoms with Gasteiger partial charge in [-0.25, -0.2) is 9.97 Å². The van der Waals surface area contributed by atoms with Gasteiger partial charge in [-0.3, -0.25) is 4.99 Å². The van der Waals surface area contributed by atoms with Crippen molar-refractivity contribution in [2.24, 2.45) is 4.99 Å². The van der Waals surface area contributed by atoms with Gasteiger partial charge in [0.2, 0.25) is 0 Å². The number of fused-ring (bicyclic) bond motifs is 1. The minimum atomic E-state index is 0. The number of aromatic nitrogens is 3. The second-order valence-corrected chi connectivity index (χ2v) is 6.72. The molecule has 6 nitrogen and oxygen atoms in total. The van der Waals surface area contributed by atoms with Gasteiger partial charge in [0.25, 0.3) is 0 Å². The number of aliphatic imine (C=N–C) groups is 1. The van der Waals surface area contributed by atoms with Crippen LogP contribution in [0.1, 0.15) is 23.7 Å². The van der Waals surface area contributed by atoms with Gasteiger partial charge < -0.3 is 15.0 Å². The number of imidazole rings is 1. The van der Waals surface area contributed by atoms with Gasteiger partial charge in [0.05, 0.1) is 5.69 Å². The third kappa shape index (κ3) is 6.34. The van der Waals surface area contributed by atoms with Crippen LogP contribution in [0.4, 0.5) is 0 Å². The maximum Gasteiger partial charge on any atom is 0.191 e. The van der Waals surface area contributed by atoms with Gasteiger partial charge in [0, 0.05) is 44.6 Å². The van der Waals surface area contributed by atoms with Crippen LogP contribution >= 0.6 is 35.6 Å². The summed E-state index contributed by atoms with van der Waals surface area (Å²) < 4.78 is 2.07. The topological polar surface area (TPSA) is 66.6 Å². The molecule has 2 N–H and O–H groups in total. The zero-order chi connectivity index (χ0) is 19.1. The van der Waals surface area contributed by atoms with Gasteiger partial charge in [-0.05, 0) is 43.5 Å². The molecule has 0 aliphatic heterocycles. The zero-order valence-corrected chi connectivity index (χ0v) is 19.2. The molecule has 28 heavy (non-hydrogen) atoms. The first-order valence-corrected chi connectivity index (χ1v) is 9.59. The molecule has 0 unspecified atom stereocenters. The van der Waals surface area contributed by atoms with E-state index in [2.05, 4.69) is 51.1 Å². The van der Waals surface area contributed by atoms with Crippen LogP contribution in [-0.2, 0) is 12.8 Å². The Hall–Kier alpha value is -1.87. The van der Waals surface area contributed by atoms with E-state index in [9.17, 15) is 0 Å². The van der Waals surface area contributed by atoms with Gasteiger partial charge in [-0.2, -0.15) is 0 Å². The second-order valence-electron chi connectivity index (χ2n) is 6.33. The Morgan fingerprint density at radius 2 is 2.07 bits per heavy atom. The number of halogens is 2. The standard InChI is InChI=1S/C20H25ClN6.HI/c1-3-22-20(23-10-8-16-6-7-18(21)25-13-16)24-11-9-17-14-27-12-4-5-15(2)19(27)26-17;/h4-7,12-14H,3,8-11H2,1-2H3,(H2,22,23,24);1H. The fourth-order valence-electron chi connectivity index (χ4n) is 2.83. The first-order valence-electron chi connectivity index (χ1n) is 9.21. The highest BCUT2D eigenvalue weighted by atomic mass is 127. The van der Waals surface area contributed by atoms with E-state index in [-0.39, 0.29) is 24.0 Å². The molecule has 0 aliphatic carbocycles. The number of nitrogens with one attached hydrogen (secondary N) is 2. The first-order chi connectivity index (χ1) is 13.2. The average molecular weight is 513 g/mol. The number of nitrogens with zero attached hydrogens (tertiary/aromatic N) is 4. The van der Waals surface area contributed by atoms with Crippen molar-refractivity contribution in [1.82, 2.24) is 25.0 Å². The Bertz CT molecular complexity index is 907. The molecule has 0 saturated heterocycles. The predicted molar refractivity (Wildman–Crippen MR) is 126 cm³/mol. The molecule has 0 amide bonds. The van der Waals surface area contributed by atoms with E-state index in [1.807, 2.05) is 24.4 Å². The van der Waals surface area contributed by atoms with Crippen molar-refractivity contribution in [3.63, 3.8) is 0 Å². The fraction of sp³-hybridized carbons (Fsp3) is 0.350. The Morgan fingerprint density at radius 3 is 2.79 bits per heavy atom. The molecular weight excluding hydrogens is 487 g/mol. The van der Waals surface area contributed by atoms with Crippen molar-refractivity contribution in [3.8, 4) is 0 Å². The summed E-state index contributed by atoms with van der Waals surface area (Å²) in [6.45, 7) is 6.42. The smallest absolute Gasteiger partial charge is 0.191 e. The predicted octanol–water partition coefficient (Wildman–Crippen LogP) is 3.65. The highest BCUT2D eigenvalue weighted by Crippen LogP contribution is 2.10. The lowest BCUT2D eigenvalue weighted by Gasteiger charge is -2.11. The SMILES string of the molecule is CCNC(=NCCc1cn2cccc(C)c2n1)NCCc1ccc(Cl)nc1.I. The number of aryl methyl sites for hydroxylation is 1. The molecule has 3 rings (SSSR count). The van der Waals surface area contributed by atoms with Crippen LogP contribution in [0.15, 0.2) is 47.8 Å². The quantitative estimate of drug-likeness (QED) is 0.220. The van der Waals surface area contributed by atoms with Crippen LogP contribution in [-0.4, -0.2) is 40.0 Å². The lowest BCUT2D eigenvalue weighted by atomic mass is 10.2. The first kappa shape index (κ1) is 22.4. The third-order valence-corrected chi connectivity index (χ3v) is 4.43. The Morgan fingerprint density at radius 1 is 1.21 bits per heavy atom. The van der Waals surface area contributed by atoms with Crippen molar-refractivity contribution in [2.45, 2.75) is 26.7 Å². The molecule has 3 aromatic heterocycles. The Labute approximate surface area is 187 Å². The monoisotopic (exact) mass is 512 g/mol. The minimum Gasteiger partial charge on any atom is -0.357 e. The number of hydrogen-bond donors (Lipinski definition) is 2. The molecule has 0 aliphatic rings. The average Bonchev–Trinajstić information content (AvgIpc) is 3.08. The molecule has 0 aromatic carbocycles. The molecule has 0 bridgehead atoms. The fourth-order valence-corrected chi connectivity index (χ4v) is 2.94. The highest BCUT2D eigenvalue weighted by Gasteiger charge is 2.04. The van der Waals surface area contributed by atoms with Crippen molar-refractivity contribution in [3.05, 3.63) is 64.8 Å². The molecule has 3 heterocycles. The van der Waals surface area contributed by atoms with E-state index in [1.165, 1.54) is 5.56 Å². The number of guanidine groups is 1. The van der Waals surface area contributed by atoms with Crippen LogP contribution in [0.25, 0.3) is 5.65 Å². The molecule has 0 radical (unpaired) electrons. The van der Waals surface area contributed by atoms with Crippen molar-refractivity contribution in [1.29, 1.82) is 0 Å². The van der Waals surface area contributed by atoms with Crippen LogP contribution < -0.4 is 10.6 Å². The van der Waals surface area contributed by atoms with Crippen LogP contribution in [0, 0.1) is 6.92 Å². The summed E-state index contributed by atoms with van der Waals surface area (Å²) >= 11 is 5.82. The van der Waals surface area contributed by atoms with Crippen molar-refractivity contribution in [2.75, 3.05) is 19.6 Å². The summed E-state index contributed by atoms with van der Waals surface area (Å²) in [6.07, 6.45) is 7.57. The van der Waals surface area contributed by atoms with Crippen molar-refractivity contribution < 1.29 is 0 Å². The van der Waals surface area contributed by atoms with E-state index in [1.54, 1.807) is 6.20 Å². The normalized spacial score (nSPS) is 11.3. The van der Waals surface area contributed by atoms with E-state index in [4.69, 9.17) is 16.6 Å².